The quantitative estimate of drug-likeness (QED) is 0.420. The third kappa shape index (κ3) is 5.75. The van der Waals surface area contributed by atoms with Crippen LogP contribution in [0, 0.1) is 0 Å². The maximum Gasteiger partial charge on any atom is 0.197 e. The average molecular weight is 146 g/mol. The topological polar surface area (TPSA) is 18.5 Å². The zero-order valence-electron chi connectivity index (χ0n) is 6.09. The Morgan fingerprint density at radius 3 is 2.67 bits per heavy atom. The Bertz CT molecular complexity index is 75.5. The molecule has 0 spiro atoms. The molecule has 0 N–H and O–H groups in total. The van der Waals surface area contributed by atoms with Crippen molar-refractivity contribution in [3.8, 4) is 0 Å². The monoisotopic (exact) mass is 146 g/mol. The van der Waals surface area contributed by atoms with E-state index >= 15 is 0 Å². The highest BCUT2D eigenvalue weighted by Crippen LogP contribution is 1.84. The van der Waals surface area contributed by atoms with Crippen LogP contribution in [0.3, 0.4) is 0 Å². The summed E-state index contributed by atoms with van der Waals surface area (Å²) >= 11 is 0. The van der Waals surface area contributed by atoms with Crippen molar-refractivity contribution in [2.75, 3.05) is 20.3 Å². The maximum absolute atomic E-state index is 5.33. The first kappa shape index (κ1) is 8.88. The molecule has 2 nitrogen and oxygen atoms in total. The van der Waals surface area contributed by atoms with E-state index in [0.29, 0.717) is 13.2 Å². The summed E-state index contributed by atoms with van der Waals surface area (Å²) in [5, 5.41) is 0. The van der Waals surface area contributed by atoms with Gasteiger partial charge in [0, 0.05) is 7.11 Å². The van der Waals surface area contributed by atoms with Crippen molar-refractivity contribution in [1.29, 1.82) is 0 Å². The molecule has 0 rings (SSSR count). The molecule has 0 bridgehead atoms. The molecule has 0 saturated heterocycles. The lowest BCUT2D eigenvalue weighted by atomic mass is 10.8. The van der Waals surface area contributed by atoms with Crippen LogP contribution in [0.4, 0.5) is 0 Å². The summed E-state index contributed by atoms with van der Waals surface area (Å²) in [7, 11) is 0.641. The molecule has 1 atom stereocenters. The van der Waals surface area contributed by atoms with Gasteiger partial charge >= 0.3 is 0 Å². The fourth-order valence-corrected chi connectivity index (χ4v) is 0.989. The second-order valence-corrected chi connectivity index (χ2v) is 4.02. The lowest BCUT2D eigenvalue weighted by Crippen LogP contribution is -2.13. The Morgan fingerprint density at radius 1 is 1.56 bits per heavy atom. The zero-order chi connectivity index (χ0) is 7.11. The molecule has 0 fully saturated rings. The minimum Gasteiger partial charge on any atom is -0.414 e. The van der Waals surface area contributed by atoms with Crippen molar-refractivity contribution in [1.82, 2.24) is 0 Å². The molecule has 0 radical (unpaired) electrons. The molecular formula is C6H14O2Si. The number of methoxy groups -OCH3 is 1. The zero-order valence-corrected chi connectivity index (χ0v) is 7.25. The van der Waals surface area contributed by atoms with Crippen LogP contribution >= 0.6 is 0 Å². The van der Waals surface area contributed by atoms with Gasteiger partial charge in [-0.05, 0) is 6.55 Å². The second kappa shape index (κ2) is 6.00. The highest BCUT2D eigenvalue weighted by atomic mass is 28.3. The van der Waals surface area contributed by atoms with Crippen molar-refractivity contribution in [2.45, 2.75) is 6.55 Å². The molecule has 0 aromatic carbocycles. The van der Waals surface area contributed by atoms with Crippen molar-refractivity contribution in [3.05, 3.63) is 12.3 Å². The van der Waals surface area contributed by atoms with Gasteiger partial charge in [-0.2, -0.15) is 0 Å². The molecule has 0 amide bonds. The van der Waals surface area contributed by atoms with Crippen LogP contribution in [0.5, 0.6) is 0 Å². The van der Waals surface area contributed by atoms with Crippen molar-refractivity contribution < 1.29 is 9.16 Å². The summed E-state index contributed by atoms with van der Waals surface area (Å²) in [4.78, 5) is 0. The van der Waals surface area contributed by atoms with Crippen LogP contribution in [-0.4, -0.2) is 29.4 Å². The minimum absolute atomic E-state index is 0.686. The molecule has 0 aromatic heterocycles. The van der Waals surface area contributed by atoms with E-state index in [-0.39, 0.29) is 0 Å². The third-order valence-corrected chi connectivity index (χ3v) is 2.43. The van der Waals surface area contributed by atoms with Gasteiger partial charge in [0.25, 0.3) is 0 Å². The van der Waals surface area contributed by atoms with Gasteiger partial charge in [0.2, 0.25) is 0 Å². The molecular weight excluding hydrogens is 132 g/mol. The predicted octanol–water partition coefficient (Wildman–Crippen LogP) is 0.728. The van der Waals surface area contributed by atoms with Gasteiger partial charge in [-0.25, -0.2) is 0 Å². The summed E-state index contributed by atoms with van der Waals surface area (Å²) in [6.45, 7) is 7.11. The Kier molecular flexibility index (Phi) is 5.92. The first-order valence-corrected chi connectivity index (χ1v) is 5.33. The maximum atomic E-state index is 5.33. The fraction of sp³-hybridized carbons (Fsp3) is 0.667. The summed E-state index contributed by atoms with van der Waals surface area (Å²) in [5.41, 5.74) is 1.90. The summed E-state index contributed by atoms with van der Waals surface area (Å²) in [6, 6.07) is 0. The van der Waals surface area contributed by atoms with Gasteiger partial charge in [0.15, 0.2) is 9.04 Å². The fourth-order valence-electron chi connectivity index (χ4n) is 0.385. The number of hydrogen-bond acceptors (Lipinski definition) is 2. The lowest BCUT2D eigenvalue weighted by Gasteiger charge is -2.04. The summed E-state index contributed by atoms with van der Waals surface area (Å²) in [5.74, 6) is 0. The summed E-state index contributed by atoms with van der Waals surface area (Å²) in [6.07, 6.45) is 0. The van der Waals surface area contributed by atoms with Crippen LogP contribution in [0.15, 0.2) is 12.3 Å². The molecule has 0 saturated carbocycles. The van der Waals surface area contributed by atoms with Crippen molar-refractivity contribution in [2.24, 2.45) is 0 Å². The minimum atomic E-state index is -1.03. The highest BCUT2D eigenvalue weighted by molar-refractivity contribution is 6.55. The molecule has 0 heterocycles. The van der Waals surface area contributed by atoms with E-state index in [9.17, 15) is 0 Å². The molecule has 1 unspecified atom stereocenters. The normalized spacial score (nSPS) is 13.1. The molecule has 0 aliphatic carbocycles. The first-order chi connectivity index (χ1) is 4.31. The van der Waals surface area contributed by atoms with E-state index in [1.165, 1.54) is 0 Å². The van der Waals surface area contributed by atoms with E-state index in [1.807, 2.05) is 5.70 Å². The van der Waals surface area contributed by atoms with E-state index in [1.54, 1.807) is 7.11 Å². The number of hydrogen-bond donors (Lipinski definition) is 0. The Hall–Kier alpha value is -0.123. The van der Waals surface area contributed by atoms with Gasteiger partial charge in [-0.15, -0.1) is 6.58 Å². The van der Waals surface area contributed by atoms with Gasteiger partial charge < -0.3 is 9.16 Å². The van der Waals surface area contributed by atoms with Crippen LogP contribution in [0.25, 0.3) is 0 Å². The SMILES string of the molecule is C=C[SiH](C)OCCOC. The van der Waals surface area contributed by atoms with Crippen LogP contribution in [0.1, 0.15) is 0 Å². The second-order valence-electron chi connectivity index (χ2n) is 1.80. The molecule has 0 aromatic rings. The van der Waals surface area contributed by atoms with Gasteiger partial charge in [0.1, 0.15) is 0 Å². The first-order valence-electron chi connectivity index (χ1n) is 3.04. The third-order valence-electron chi connectivity index (χ3n) is 1.00. The van der Waals surface area contributed by atoms with E-state index in [0.717, 1.165) is 0 Å². The molecule has 54 valence electrons. The van der Waals surface area contributed by atoms with Gasteiger partial charge in [-0.3, -0.25) is 0 Å². The van der Waals surface area contributed by atoms with Crippen LogP contribution in [-0.2, 0) is 9.16 Å². The number of rotatable bonds is 5. The Morgan fingerprint density at radius 2 is 2.22 bits per heavy atom. The van der Waals surface area contributed by atoms with E-state index in [4.69, 9.17) is 9.16 Å². The Labute approximate surface area is 58.2 Å². The summed E-state index contributed by atoms with van der Waals surface area (Å²) < 4.78 is 10.1. The average Bonchev–Trinajstić information content (AvgIpc) is 1.89. The molecule has 9 heavy (non-hydrogen) atoms. The molecule has 0 aliphatic rings. The standard InChI is InChI=1S/C6H14O2Si/c1-4-9(3)8-6-5-7-2/h4,9H,1,5-6H2,2-3H3. The van der Waals surface area contributed by atoms with E-state index < -0.39 is 9.04 Å². The molecule has 0 aliphatic heterocycles. The van der Waals surface area contributed by atoms with Crippen LogP contribution < -0.4 is 0 Å². The van der Waals surface area contributed by atoms with Gasteiger partial charge in [0.05, 0.1) is 13.2 Å². The van der Waals surface area contributed by atoms with Crippen LogP contribution in [0.2, 0.25) is 6.55 Å². The van der Waals surface area contributed by atoms with E-state index in [2.05, 4.69) is 13.1 Å². The van der Waals surface area contributed by atoms with Crippen molar-refractivity contribution in [3.63, 3.8) is 0 Å². The largest absolute Gasteiger partial charge is 0.414 e. The Balaban J connectivity index is 2.96. The number of ether oxygens (including phenoxy) is 1. The van der Waals surface area contributed by atoms with Crippen molar-refractivity contribution >= 4 is 9.04 Å². The smallest absolute Gasteiger partial charge is 0.197 e. The highest BCUT2D eigenvalue weighted by Gasteiger charge is 1.95. The van der Waals surface area contributed by atoms with Gasteiger partial charge in [-0.1, -0.05) is 5.70 Å². The lowest BCUT2D eigenvalue weighted by molar-refractivity contribution is 0.147. The predicted molar refractivity (Wildman–Crippen MR) is 41.0 cm³/mol. The molecule has 3 heteroatoms.